The lowest BCUT2D eigenvalue weighted by atomic mass is 10.2. The number of esters is 2. The van der Waals surface area contributed by atoms with Crippen molar-refractivity contribution in [2.45, 2.75) is 19.4 Å². The molecule has 0 aliphatic heterocycles. The van der Waals surface area contributed by atoms with Crippen LogP contribution in [0.2, 0.25) is 0 Å². The number of nitrogens with two attached hydrogens (primary N) is 1. The maximum atomic E-state index is 11.5. The van der Waals surface area contributed by atoms with Gasteiger partial charge in [-0.3, -0.25) is 4.79 Å². The monoisotopic (exact) mass is 256 g/mol. The largest absolute Gasteiger partial charge is 0.469 e. The summed E-state index contributed by atoms with van der Waals surface area (Å²) in [6.45, 7) is 0.956. The number of carbonyl (C=O) groups is 2. The summed E-state index contributed by atoms with van der Waals surface area (Å²) in [5.41, 5.74) is 5.81. The molecular weight excluding hydrogens is 240 g/mol. The Hall–Kier alpha value is -1.96. The van der Waals surface area contributed by atoms with Gasteiger partial charge in [0.15, 0.2) is 5.69 Å². The molecule has 100 valence electrons. The summed E-state index contributed by atoms with van der Waals surface area (Å²) in [5.74, 6) is -1.11. The van der Waals surface area contributed by atoms with Crippen molar-refractivity contribution in [3.63, 3.8) is 0 Å². The molecule has 0 spiro atoms. The Balaban J connectivity index is 3.00. The van der Waals surface area contributed by atoms with E-state index in [-0.39, 0.29) is 12.1 Å². The van der Waals surface area contributed by atoms with Gasteiger partial charge in [0.25, 0.3) is 0 Å². The normalized spacial score (nSPS) is 10.2. The highest BCUT2D eigenvalue weighted by Gasteiger charge is 2.22. The number of aromatic nitrogens is 3. The second kappa shape index (κ2) is 6.70. The van der Waals surface area contributed by atoms with Crippen LogP contribution < -0.4 is 5.73 Å². The van der Waals surface area contributed by atoms with Crippen molar-refractivity contribution in [1.82, 2.24) is 15.0 Å². The summed E-state index contributed by atoms with van der Waals surface area (Å²) in [7, 11) is 2.51. The molecule has 1 heterocycles. The van der Waals surface area contributed by atoms with Crippen LogP contribution in [0.5, 0.6) is 0 Å². The van der Waals surface area contributed by atoms with Gasteiger partial charge in [-0.25, -0.2) is 9.48 Å². The van der Waals surface area contributed by atoms with Crippen LogP contribution in [0.25, 0.3) is 0 Å². The fourth-order valence-electron chi connectivity index (χ4n) is 1.39. The molecule has 0 aliphatic rings. The van der Waals surface area contributed by atoms with Gasteiger partial charge in [0, 0.05) is 6.54 Å². The minimum Gasteiger partial charge on any atom is -0.469 e. The molecule has 0 saturated carbocycles. The van der Waals surface area contributed by atoms with E-state index in [1.807, 2.05) is 0 Å². The minimum atomic E-state index is -0.632. The van der Waals surface area contributed by atoms with Crippen LogP contribution >= 0.6 is 0 Å². The summed E-state index contributed by atoms with van der Waals surface area (Å²) >= 11 is 0. The molecule has 8 heteroatoms. The van der Waals surface area contributed by atoms with Gasteiger partial charge < -0.3 is 15.2 Å². The molecular formula is C10H16N4O4. The molecule has 0 unspecified atom stereocenters. The molecule has 8 nitrogen and oxygen atoms in total. The zero-order valence-corrected chi connectivity index (χ0v) is 10.4. The van der Waals surface area contributed by atoms with Gasteiger partial charge in [0.05, 0.1) is 26.3 Å². The van der Waals surface area contributed by atoms with Crippen molar-refractivity contribution >= 4 is 11.9 Å². The second-order valence-corrected chi connectivity index (χ2v) is 3.49. The van der Waals surface area contributed by atoms with E-state index >= 15 is 0 Å². The van der Waals surface area contributed by atoms with E-state index in [4.69, 9.17) is 5.73 Å². The van der Waals surface area contributed by atoms with Crippen molar-refractivity contribution in [3.05, 3.63) is 11.4 Å². The third-order valence-electron chi connectivity index (χ3n) is 2.33. The van der Waals surface area contributed by atoms with Crippen molar-refractivity contribution in [1.29, 1.82) is 0 Å². The summed E-state index contributed by atoms with van der Waals surface area (Å²) in [5, 5.41) is 7.53. The molecule has 0 saturated heterocycles. The maximum Gasteiger partial charge on any atom is 0.360 e. The molecule has 0 aliphatic carbocycles. The van der Waals surface area contributed by atoms with Gasteiger partial charge in [0.2, 0.25) is 0 Å². The first-order chi connectivity index (χ1) is 8.63. The maximum absolute atomic E-state index is 11.5. The summed E-state index contributed by atoms with van der Waals surface area (Å²) in [4.78, 5) is 22.8. The van der Waals surface area contributed by atoms with Crippen molar-refractivity contribution in [2.24, 2.45) is 5.73 Å². The predicted octanol–water partition coefficient (Wildman–Crippen LogP) is -0.871. The van der Waals surface area contributed by atoms with E-state index in [1.54, 1.807) is 0 Å². The Bertz CT molecular complexity index is 430. The molecule has 0 radical (unpaired) electrons. The smallest absolute Gasteiger partial charge is 0.360 e. The van der Waals surface area contributed by atoms with Crippen LogP contribution in [-0.2, 0) is 27.2 Å². The van der Waals surface area contributed by atoms with Crippen molar-refractivity contribution in [3.8, 4) is 0 Å². The third-order valence-corrected chi connectivity index (χ3v) is 2.33. The van der Waals surface area contributed by atoms with E-state index in [1.165, 1.54) is 18.9 Å². The first-order valence-corrected chi connectivity index (χ1v) is 5.41. The van der Waals surface area contributed by atoms with Gasteiger partial charge in [-0.2, -0.15) is 0 Å². The summed E-state index contributed by atoms with van der Waals surface area (Å²) < 4.78 is 10.6. The quantitative estimate of drug-likeness (QED) is 0.659. The number of ether oxygens (including phenoxy) is 2. The average molecular weight is 256 g/mol. The number of aryl methyl sites for hydroxylation is 1. The first-order valence-electron chi connectivity index (χ1n) is 5.41. The standard InChI is InChI=1S/C10H16N4O4/c1-17-8(15)6-7-9(10(16)18-2)12-13-14(7)5-3-4-11/h3-6,11H2,1-2H3. The molecule has 0 aromatic carbocycles. The molecule has 1 rings (SSSR count). The number of hydrogen-bond donors (Lipinski definition) is 1. The second-order valence-electron chi connectivity index (χ2n) is 3.49. The van der Waals surface area contributed by atoms with E-state index in [0.29, 0.717) is 25.2 Å². The lowest BCUT2D eigenvalue weighted by Crippen LogP contribution is -2.16. The molecule has 0 amide bonds. The Kier molecular flexibility index (Phi) is 5.25. The third kappa shape index (κ3) is 3.27. The van der Waals surface area contributed by atoms with Crippen LogP contribution in [0.4, 0.5) is 0 Å². The highest BCUT2D eigenvalue weighted by atomic mass is 16.5. The molecule has 1 aromatic rings. The lowest BCUT2D eigenvalue weighted by Gasteiger charge is -2.05. The number of carbonyl (C=O) groups excluding carboxylic acids is 2. The van der Waals surface area contributed by atoms with Crippen LogP contribution in [0.15, 0.2) is 0 Å². The number of methoxy groups -OCH3 is 2. The predicted molar refractivity (Wildman–Crippen MR) is 60.8 cm³/mol. The Labute approximate surface area is 104 Å². The molecule has 0 atom stereocenters. The van der Waals surface area contributed by atoms with Crippen LogP contribution in [0.3, 0.4) is 0 Å². The van der Waals surface area contributed by atoms with E-state index in [2.05, 4.69) is 19.8 Å². The topological polar surface area (TPSA) is 109 Å². The number of rotatable bonds is 6. The molecule has 18 heavy (non-hydrogen) atoms. The zero-order valence-electron chi connectivity index (χ0n) is 10.4. The minimum absolute atomic E-state index is 0.0277. The molecule has 0 bridgehead atoms. The number of nitrogens with zero attached hydrogens (tertiary/aromatic N) is 3. The Morgan fingerprint density at radius 2 is 2.06 bits per heavy atom. The van der Waals surface area contributed by atoms with Gasteiger partial charge in [-0.15, -0.1) is 5.10 Å². The summed E-state index contributed by atoms with van der Waals surface area (Å²) in [6.07, 6.45) is 0.580. The number of hydrogen-bond acceptors (Lipinski definition) is 7. The van der Waals surface area contributed by atoms with Crippen molar-refractivity contribution < 1.29 is 19.1 Å². The van der Waals surface area contributed by atoms with Gasteiger partial charge >= 0.3 is 11.9 Å². The lowest BCUT2D eigenvalue weighted by molar-refractivity contribution is -0.139. The SMILES string of the molecule is COC(=O)Cc1c(C(=O)OC)nnn1CCCN. The van der Waals surface area contributed by atoms with E-state index < -0.39 is 11.9 Å². The fraction of sp³-hybridized carbons (Fsp3) is 0.600. The van der Waals surface area contributed by atoms with E-state index in [0.717, 1.165) is 0 Å². The van der Waals surface area contributed by atoms with Crippen LogP contribution in [0, 0.1) is 0 Å². The highest BCUT2D eigenvalue weighted by Crippen LogP contribution is 2.09. The van der Waals surface area contributed by atoms with Crippen molar-refractivity contribution in [2.75, 3.05) is 20.8 Å². The van der Waals surface area contributed by atoms with Gasteiger partial charge in [0.1, 0.15) is 0 Å². The summed E-state index contributed by atoms with van der Waals surface area (Å²) in [6, 6.07) is 0. The molecule has 2 N–H and O–H groups in total. The first kappa shape index (κ1) is 14.1. The molecule has 0 fully saturated rings. The molecule has 1 aromatic heterocycles. The van der Waals surface area contributed by atoms with Gasteiger partial charge in [-0.05, 0) is 13.0 Å². The highest BCUT2D eigenvalue weighted by molar-refractivity contribution is 5.89. The van der Waals surface area contributed by atoms with Crippen LogP contribution in [0.1, 0.15) is 22.6 Å². The van der Waals surface area contributed by atoms with Gasteiger partial charge in [-0.1, -0.05) is 5.21 Å². The average Bonchev–Trinajstić information content (AvgIpc) is 2.78. The fourth-order valence-corrected chi connectivity index (χ4v) is 1.39. The Morgan fingerprint density at radius 3 is 2.61 bits per heavy atom. The van der Waals surface area contributed by atoms with Crippen LogP contribution in [-0.4, -0.2) is 47.7 Å². The van der Waals surface area contributed by atoms with E-state index in [9.17, 15) is 9.59 Å². The zero-order chi connectivity index (χ0) is 13.5. The Morgan fingerprint density at radius 1 is 1.33 bits per heavy atom.